The fourth-order valence-electron chi connectivity index (χ4n) is 2.03. The maximum absolute atomic E-state index is 12.2. The number of anilines is 2. The number of benzene rings is 2. The van der Waals surface area contributed by atoms with E-state index in [0.29, 0.717) is 16.3 Å². The van der Waals surface area contributed by atoms with E-state index in [4.69, 9.17) is 11.6 Å². The van der Waals surface area contributed by atoms with Crippen LogP contribution in [0.25, 0.3) is 0 Å². The van der Waals surface area contributed by atoms with E-state index in [0.717, 1.165) is 24.2 Å². The van der Waals surface area contributed by atoms with Gasteiger partial charge < -0.3 is 10.6 Å². The highest BCUT2D eigenvalue weighted by molar-refractivity contribution is 6.30. The Hall–Kier alpha value is -2.00. The van der Waals surface area contributed by atoms with Crippen molar-refractivity contribution in [1.29, 1.82) is 0 Å². The smallest absolute Gasteiger partial charge is 0.255 e. The van der Waals surface area contributed by atoms with Gasteiger partial charge in [0.2, 0.25) is 0 Å². The molecular formula is C17H19ClN2O. The summed E-state index contributed by atoms with van der Waals surface area (Å²) in [6, 6.07) is 12.8. The topological polar surface area (TPSA) is 41.1 Å². The summed E-state index contributed by atoms with van der Waals surface area (Å²) in [6.07, 6.45) is 1.07. The Labute approximate surface area is 130 Å². The van der Waals surface area contributed by atoms with Crippen molar-refractivity contribution in [1.82, 2.24) is 0 Å². The van der Waals surface area contributed by atoms with Crippen molar-refractivity contribution < 1.29 is 4.79 Å². The van der Waals surface area contributed by atoms with Crippen molar-refractivity contribution in [3.63, 3.8) is 0 Å². The predicted molar refractivity (Wildman–Crippen MR) is 89.4 cm³/mol. The molecule has 0 atom stereocenters. The molecule has 21 heavy (non-hydrogen) atoms. The molecule has 0 radical (unpaired) electrons. The second-order valence-electron chi connectivity index (χ2n) is 4.92. The molecule has 3 nitrogen and oxygen atoms in total. The van der Waals surface area contributed by atoms with Crippen LogP contribution in [0, 0.1) is 6.92 Å². The molecule has 0 bridgehead atoms. The van der Waals surface area contributed by atoms with E-state index in [1.807, 2.05) is 31.2 Å². The summed E-state index contributed by atoms with van der Waals surface area (Å²) in [4.78, 5) is 12.2. The van der Waals surface area contributed by atoms with Gasteiger partial charge >= 0.3 is 0 Å². The third-order valence-corrected chi connectivity index (χ3v) is 3.37. The molecule has 4 heteroatoms. The van der Waals surface area contributed by atoms with Gasteiger partial charge in [0.05, 0.1) is 0 Å². The number of hydrogen-bond donors (Lipinski definition) is 2. The van der Waals surface area contributed by atoms with E-state index in [1.165, 1.54) is 0 Å². The molecule has 0 aliphatic heterocycles. The highest BCUT2D eigenvalue weighted by Crippen LogP contribution is 2.19. The van der Waals surface area contributed by atoms with Crippen molar-refractivity contribution >= 4 is 28.9 Å². The van der Waals surface area contributed by atoms with Gasteiger partial charge in [0.25, 0.3) is 5.91 Å². The Morgan fingerprint density at radius 3 is 2.67 bits per heavy atom. The number of halogens is 1. The normalized spacial score (nSPS) is 10.2. The first-order valence-electron chi connectivity index (χ1n) is 7.01. The Bertz CT molecular complexity index is 640. The first kappa shape index (κ1) is 15.4. The molecule has 2 N–H and O–H groups in total. The van der Waals surface area contributed by atoms with Gasteiger partial charge in [0.15, 0.2) is 0 Å². The van der Waals surface area contributed by atoms with E-state index < -0.39 is 0 Å². The number of amides is 1. The lowest BCUT2D eigenvalue weighted by atomic mass is 10.1. The Morgan fingerprint density at radius 1 is 1.19 bits per heavy atom. The first-order chi connectivity index (χ1) is 10.1. The molecule has 2 aromatic rings. The minimum absolute atomic E-state index is 0.137. The average Bonchev–Trinajstić information content (AvgIpc) is 2.46. The maximum Gasteiger partial charge on any atom is 0.255 e. The van der Waals surface area contributed by atoms with Crippen molar-refractivity contribution in [3.05, 3.63) is 58.6 Å². The summed E-state index contributed by atoms with van der Waals surface area (Å²) in [6.45, 7) is 5.04. The molecule has 0 spiro atoms. The highest BCUT2D eigenvalue weighted by atomic mass is 35.5. The Balaban J connectivity index is 2.11. The Morgan fingerprint density at radius 2 is 2.00 bits per heavy atom. The minimum atomic E-state index is -0.137. The summed E-state index contributed by atoms with van der Waals surface area (Å²) in [5, 5.41) is 6.78. The van der Waals surface area contributed by atoms with Crippen LogP contribution in [0.4, 0.5) is 11.4 Å². The quantitative estimate of drug-likeness (QED) is 0.839. The van der Waals surface area contributed by atoms with Crippen LogP contribution in [-0.2, 0) is 0 Å². The second-order valence-corrected chi connectivity index (χ2v) is 5.36. The van der Waals surface area contributed by atoms with Gasteiger partial charge in [-0.15, -0.1) is 0 Å². The summed E-state index contributed by atoms with van der Waals surface area (Å²) in [5.41, 5.74) is 3.45. The highest BCUT2D eigenvalue weighted by Gasteiger charge is 2.08. The molecule has 0 fully saturated rings. The van der Waals surface area contributed by atoms with Crippen molar-refractivity contribution in [3.8, 4) is 0 Å². The number of hydrogen-bond acceptors (Lipinski definition) is 2. The van der Waals surface area contributed by atoms with Gasteiger partial charge in [-0.1, -0.05) is 24.6 Å². The number of carbonyl (C=O) groups excluding carboxylic acids is 1. The van der Waals surface area contributed by atoms with E-state index in [2.05, 4.69) is 17.6 Å². The molecule has 0 heterocycles. The molecule has 2 aromatic carbocycles. The largest absolute Gasteiger partial charge is 0.385 e. The molecule has 110 valence electrons. The fourth-order valence-corrected chi connectivity index (χ4v) is 2.22. The van der Waals surface area contributed by atoms with E-state index in [1.54, 1.807) is 18.2 Å². The van der Waals surface area contributed by atoms with Crippen molar-refractivity contribution in [2.45, 2.75) is 20.3 Å². The zero-order chi connectivity index (χ0) is 15.2. The molecule has 1 amide bonds. The van der Waals surface area contributed by atoms with Crippen LogP contribution in [-0.4, -0.2) is 12.5 Å². The summed E-state index contributed by atoms with van der Waals surface area (Å²) >= 11 is 5.91. The maximum atomic E-state index is 12.2. The lowest BCUT2D eigenvalue weighted by Crippen LogP contribution is -2.12. The lowest BCUT2D eigenvalue weighted by molar-refractivity contribution is 0.102. The molecule has 0 aliphatic rings. The van der Waals surface area contributed by atoms with E-state index >= 15 is 0 Å². The average molecular weight is 303 g/mol. The van der Waals surface area contributed by atoms with Crippen LogP contribution >= 0.6 is 11.6 Å². The Kier molecular flexibility index (Phi) is 5.23. The van der Waals surface area contributed by atoms with Crippen LogP contribution in [0.5, 0.6) is 0 Å². The molecule has 0 saturated heterocycles. The van der Waals surface area contributed by atoms with E-state index in [9.17, 15) is 4.79 Å². The summed E-state index contributed by atoms with van der Waals surface area (Å²) in [5.74, 6) is -0.137. The van der Waals surface area contributed by atoms with Crippen LogP contribution < -0.4 is 10.6 Å². The van der Waals surface area contributed by atoms with Gasteiger partial charge in [-0.05, 0) is 55.3 Å². The van der Waals surface area contributed by atoms with Crippen LogP contribution in [0.1, 0.15) is 29.3 Å². The van der Waals surface area contributed by atoms with Crippen LogP contribution in [0.3, 0.4) is 0 Å². The molecule has 2 rings (SSSR count). The second kappa shape index (κ2) is 7.14. The van der Waals surface area contributed by atoms with Gasteiger partial charge in [0.1, 0.15) is 0 Å². The fraction of sp³-hybridized carbons (Fsp3) is 0.235. The summed E-state index contributed by atoms with van der Waals surface area (Å²) in [7, 11) is 0. The molecule has 0 aliphatic carbocycles. The first-order valence-corrected chi connectivity index (χ1v) is 7.39. The third kappa shape index (κ3) is 4.23. The van der Waals surface area contributed by atoms with Crippen molar-refractivity contribution in [2.24, 2.45) is 0 Å². The number of nitrogens with one attached hydrogen (secondary N) is 2. The molecule has 0 unspecified atom stereocenters. The van der Waals surface area contributed by atoms with Gasteiger partial charge in [-0.2, -0.15) is 0 Å². The van der Waals surface area contributed by atoms with Gasteiger partial charge in [-0.3, -0.25) is 4.79 Å². The number of aryl methyl sites for hydroxylation is 1. The van der Waals surface area contributed by atoms with E-state index in [-0.39, 0.29) is 5.91 Å². The lowest BCUT2D eigenvalue weighted by Gasteiger charge is -2.11. The zero-order valence-corrected chi connectivity index (χ0v) is 13.0. The molecule has 0 saturated carbocycles. The minimum Gasteiger partial charge on any atom is -0.385 e. The van der Waals surface area contributed by atoms with Crippen LogP contribution in [0.15, 0.2) is 42.5 Å². The van der Waals surface area contributed by atoms with Gasteiger partial charge in [-0.25, -0.2) is 0 Å². The SMILES string of the molecule is CCCNc1ccc(C(=O)Nc2cccc(Cl)c2)cc1C. The predicted octanol–water partition coefficient (Wildman–Crippen LogP) is 4.72. The van der Waals surface area contributed by atoms with Crippen LogP contribution in [0.2, 0.25) is 5.02 Å². The van der Waals surface area contributed by atoms with Crippen molar-refractivity contribution in [2.75, 3.05) is 17.2 Å². The summed E-state index contributed by atoms with van der Waals surface area (Å²) < 4.78 is 0. The molecule has 0 aromatic heterocycles. The number of carbonyl (C=O) groups is 1. The third-order valence-electron chi connectivity index (χ3n) is 3.14. The molecular weight excluding hydrogens is 284 g/mol. The monoisotopic (exact) mass is 302 g/mol. The zero-order valence-electron chi connectivity index (χ0n) is 12.2. The standard InChI is InChI=1S/C17H19ClN2O/c1-3-9-19-16-8-7-13(10-12(16)2)17(21)20-15-6-4-5-14(18)11-15/h4-8,10-11,19H,3,9H2,1-2H3,(H,20,21). The number of rotatable bonds is 5. The van der Waals surface area contributed by atoms with Gasteiger partial charge in [0, 0.05) is 28.5 Å².